The summed E-state index contributed by atoms with van der Waals surface area (Å²) in [6.07, 6.45) is 5.11. The molecule has 0 radical (unpaired) electrons. The Morgan fingerprint density at radius 3 is 2.89 bits per heavy atom. The lowest BCUT2D eigenvalue weighted by atomic mass is 10.2. The molecule has 94 valence electrons. The summed E-state index contributed by atoms with van der Waals surface area (Å²) in [5, 5.41) is 3.33. The number of anilines is 1. The number of rotatable bonds is 5. The minimum absolute atomic E-state index is 0.636. The number of nitrogens with one attached hydrogen (secondary N) is 1. The van der Waals surface area contributed by atoms with Crippen LogP contribution in [0, 0.1) is 6.92 Å². The summed E-state index contributed by atoms with van der Waals surface area (Å²) in [6, 6.07) is 6.09. The van der Waals surface area contributed by atoms with E-state index < -0.39 is 0 Å². The Morgan fingerprint density at radius 2 is 2.17 bits per heavy atom. The molecule has 4 nitrogen and oxygen atoms in total. The molecule has 1 aromatic heterocycles. The third-order valence-corrected chi connectivity index (χ3v) is 2.51. The average molecular weight is 243 g/mol. The minimum Gasteiger partial charge on any atom is -0.492 e. The standard InChI is InChI=1S/C14H17N3O/c1-3-18-14-5-4-11(2)8-13(14)17-10-12-9-15-6-7-16-12/h4-9,17H,3,10H2,1-2H3. The fraction of sp³-hybridized carbons (Fsp3) is 0.286. The number of hydrogen-bond donors (Lipinski definition) is 1. The summed E-state index contributed by atoms with van der Waals surface area (Å²) >= 11 is 0. The van der Waals surface area contributed by atoms with E-state index in [1.807, 2.05) is 19.1 Å². The van der Waals surface area contributed by atoms with Crippen LogP contribution in [0.25, 0.3) is 0 Å². The highest BCUT2D eigenvalue weighted by Gasteiger charge is 2.03. The van der Waals surface area contributed by atoms with Gasteiger partial charge in [-0.15, -0.1) is 0 Å². The van der Waals surface area contributed by atoms with Gasteiger partial charge in [0, 0.05) is 12.4 Å². The maximum atomic E-state index is 5.58. The van der Waals surface area contributed by atoms with Crippen LogP contribution in [0.2, 0.25) is 0 Å². The maximum absolute atomic E-state index is 5.58. The molecule has 0 aliphatic rings. The van der Waals surface area contributed by atoms with E-state index in [0.717, 1.165) is 17.1 Å². The second kappa shape index (κ2) is 6.00. The van der Waals surface area contributed by atoms with E-state index in [1.165, 1.54) is 5.56 Å². The van der Waals surface area contributed by atoms with Crippen LogP contribution in [0.4, 0.5) is 5.69 Å². The normalized spacial score (nSPS) is 10.1. The van der Waals surface area contributed by atoms with Gasteiger partial charge in [-0.25, -0.2) is 0 Å². The molecule has 1 heterocycles. The van der Waals surface area contributed by atoms with E-state index in [0.29, 0.717) is 13.2 Å². The molecule has 18 heavy (non-hydrogen) atoms. The van der Waals surface area contributed by atoms with Crippen molar-refractivity contribution in [2.45, 2.75) is 20.4 Å². The highest BCUT2D eigenvalue weighted by molar-refractivity contribution is 5.58. The van der Waals surface area contributed by atoms with Gasteiger partial charge < -0.3 is 10.1 Å². The number of aromatic nitrogens is 2. The highest BCUT2D eigenvalue weighted by Crippen LogP contribution is 2.25. The van der Waals surface area contributed by atoms with Crippen LogP contribution >= 0.6 is 0 Å². The van der Waals surface area contributed by atoms with Gasteiger partial charge in [-0.1, -0.05) is 6.07 Å². The molecule has 2 aromatic rings. The molecule has 0 atom stereocenters. The molecule has 0 saturated heterocycles. The predicted octanol–water partition coefficient (Wildman–Crippen LogP) is 2.80. The topological polar surface area (TPSA) is 47.0 Å². The van der Waals surface area contributed by atoms with E-state index >= 15 is 0 Å². The molecule has 0 aliphatic heterocycles. The van der Waals surface area contributed by atoms with Crippen LogP contribution in [-0.4, -0.2) is 16.6 Å². The largest absolute Gasteiger partial charge is 0.492 e. The Balaban J connectivity index is 2.10. The molecule has 0 spiro atoms. The van der Waals surface area contributed by atoms with Gasteiger partial charge in [0.15, 0.2) is 0 Å². The van der Waals surface area contributed by atoms with Crippen molar-refractivity contribution >= 4 is 5.69 Å². The summed E-state index contributed by atoms with van der Waals surface area (Å²) in [5.41, 5.74) is 3.09. The number of benzene rings is 1. The molecule has 0 bridgehead atoms. The van der Waals surface area contributed by atoms with Crippen molar-refractivity contribution in [1.29, 1.82) is 0 Å². The van der Waals surface area contributed by atoms with Crippen LogP contribution < -0.4 is 10.1 Å². The lowest BCUT2D eigenvalue weighted by Gasteiger charge is -2.12. The third-order valence-electron chi connectivity index (χ3n) is 2.51. The second-order valence-electron chi connectivity index (χ2n) is 3.98. The number of hydrogen-bond acceptors (Lipinski definition) is 4. The first-order valence-electron chi connectivity index (χ1n) is 6.02. The van der Waals surface area contributed by atoms with Gasteiger partial charge in [0.25, 0.3) is 0 Å². The molecule has 1 aromatic carbocycles. The molecule has 0 amide bonds. The van der Waals surface area contributed by atoms with Gasteiger partial charge in [-0.3, -0.25) is 9.97 Å². The van der Waals surface area contributed by atoms with Crippen molar-refractivity contribution in [2.75, 3.05) is 11.9 Å². The summed E-state index contributed by atoms with van der Waals surface area (Å²) in [4.78, 5) is 8.27. The SMILES string of the molecule is CCOc1ccc(C)cc1NCc1cnccn1. The molecule has 0 saturated carbocycles. The number of nitrogens with zero attached hydrogens (tertiary/aromatic N) is 2. The zero-order valence-electron chi connectivity index (χ0n) is 10.7. The van der Waals surface area contributed by atoms with Crippen molar-refractivity contribution in [1.82, 2.24) is 9.97 Å². The van der Waals surface area contributed by atoms with Crippen molar-refractivity contribution in [2.24, 2.45) is 0 Å². The van der Waals surface area contributed by atoms with Gasteiger partial charge in [0.1, 0.15) is 5.75 Å². The number of ether oxygens (including phenoxy) is 1. The first-order chi connectivity index (χ1) is 8.79. The van der Waals surface area contributed by atoms with Crippen LogP contribution in [-0.2, 0) is 6.54 Å². The first kappa shape index (κ1) is 12.4. The summed E-state index contributed by atoms with van der Waals surface area (Å²) in [6.45, 7) is 5.33. The molecular formula is C14H17N3O. The van der Waals surface area contributed by atoms with Gasteiger partial charge in [-0.2, -0.15) is 0 Å². The lowest BCUT2D eigenvalue weighted by molar-refractivity contribution is 0.341. The zero-order valence-corrected chi connectivity index (χ0v) is 10.7. The smallest absolute Gasteiger partial charge is 0.142 e. The summed E-state index contributed by atoms with van der Waals surface area (Å²) < 4.78 is 5.58. The highest BCUT2D eigenvalue weighted by atomic mass is 16.5. The van der Waals surface area contributed by atoms with E-state index in [4.69, 9.17) is 4.74 Å². The second-order valence-corrected chi connectivity index (χ2v) is 3.98. The molecular weight excluding hydrogens is 226 g/mol. The average Bonchev–Trinajstić information content (AvgIpc) is 2.40. The van der Waals surface area contributed by atoms with Crippen LogP contribution in [0.15, 0.2) is 36.8 Å². The van der Waals surface area contributed by atoms with Crippen molar-refractivity contribution in [3.8, 4) is 5.75 Å². The Hall–Kier alpha value is -2.10. The number of aryl methyl sites for hydroxylation is 1. The zero-order chi connectivity index (χ0) is 12.8. The Morgan fingerprint density at radius 1 is 1.28 bits per heavy atom. The van der Waals surface area contributed by atoms with Gasteiger partial charge in [0.05, 0.1) is 30.7 Å². The van der Waals surface area contributed by atoms with Crippen LogP contribution in [0.5, 0.6) is 5.75 Å². The predicted molar refractivity (Wildman–Crippen MR) is 71.7 cm³/mol. The third kappa shape index (κ3) is 3.20. The molecule has 0 fully saturated rings. The first-order valence-corrected chi connectivity index (χ1v) is 6.02. The van der Waals surface area contributed by atoms with Crippen molar-refractivity contribution in [3.63, 3.8) is 0 Å². The minimum atomic E-state index is 0.636. The molecule has 4 heteroatoms. The van der Waals surface area contributed by atoms with Gasteiger partial charge in [0.2, 0.25) is 0 Å². The van der Waals surface area contributed by atoms with Crippen LogP contribution in [0.1, 0.15) is 18.2 Å². The molecule has 2 rings (SSSR count). The summed E-state index contributed by atoms with van der Waals surface area (Å²) in [5.74, 6) is 0.868. The van der Waals surface area contributed by atoms with Gasteiger partial charge in [-0.05, 0) is 31.5 Å². The van der Waals surface area contributed by atoms with Crippen molar-refractivity contribution in [3.05, 3.63) is 48.0 Å². The summed E-state index contributed by atoms with van der Waals surface area (Å²) in [7, 11) is 0. The Labute approximate surface area is 107 Å². The van der Waals surface area contributed by atoms with E-state index in [2.05, 4.69) is 28.3 Å². The van der Waals surface area contributed by atoms with Gasteiger partial charge >= 0.3 is 0 Å². The Bertz CT molecular complexity index is 500. The fourth-order valence-electron chi connectivity index (χ4n) is 1.67. The van der Waals surface area contributed by atoms with E-state index in [1.54, 1.807) is 18.6 Å². The Kier molecular flexibility index (Phi) is 4.12. The lowest BCUT2D eigenvalue weighted by Crippen LogP contribution is -2.04. The molecule has 0 unspecified atom stereocenters. The van der Waals surface area contributed by atoms with Crippen molar-refractivity contribution < 1.29 is 4.74 Å². The monoisotopic (exact) mass is 243 g/mol. The quantitative estimate of drug-likeness (QED) is 0.877. The molecule has 1 N–H and O–H groups in total. The van der Waals surface area contributed by atoms with E-state index in [-0.39, 0.29) is 0 Å². The fourth-order valence-corrected chi connectivity index (χ4v) is 1.67. The molecule has 0 aliphatic carbocycles. The van der Waals surface area contributed by atoms with E-state index in [9.17, 15) is 0 Å². The van der Waals surface area contributed by atoms with Crippen LogP contribution in [0.3, 0.4) is 0 Å². The maximum Gasteiger partial charge on any atom is 0.142 e.